The van der Waals surface area contributed by atoms with Crippen LogP contribution in [0.3, 0.4) is 0 Å². The van der Waals surface area contributed by atoms with Gasteiger partial charge in [0.05, 0.1) is 10.7 Å². The van der Waals surface area contributed by atoms with E-state index in [9.17, 15) is 17.2 Å². The first-order chi connectivity index (χ1) is 10.1. The summed E-state index contributed by atoms with van der Waals surface area (Å²) in [6, 6.07) is 1.73. The molecule has 120 valence electrons. The molecule has 0 aliphatic heterocycles. The summed E-state index contributed by atoms with van der Waals surface area (Å²) in [6.07, 6.45) is 0. The molecule has 0 aliphatic carbocycles. The van der Waals surface area contributed by atoms with E-state index in [1.165, 1.54) is 18.7 Å². The molecule has 10 heteroatoms. The molecule has 0 unspecified atom stereocenters. The summed E-state index contributed by atoms with van der Waals surface area (Å²) in [5.41, 5.74) is -0.103. The summed E-state index contributed by atoms with van der Waals surface area (Å²) in [5, 5.41) is 3.32. The highest BCUT2D eigenvalue weighted by atomic mass is 35.5. The van der Waals surface area contributed by atoms with Gasteiger partial charge in [0, 0.05) is 19.2 Å². The third-order valence-electron chi connectivity index (χ3n) is 2.95. The minimum Gasteiger partial charge on any atom is -0.255 e. The standard InChI is InChI=1S/C12H11Cl2F2N3O2S/c1-6-11(12(14)19(2)18-6)22(20,21)17-5-7-8(15)3-4-9(16)10(7)13/h3-4,17H,5H2,1-2H3. The van der Waals surface area contributed by atoms with E-state index >= 15 is 0 Å². The zero-order valence-electron chi connectivity index (χ0n) is 11.5. The van der Waals surface area contributed by atoms with Crippen LogP contribution in [0.5, 0.6) is 0 Å². The number of benzene rings is 1. The minimum atomic E-state index is -4.06. The maximum Gasteiger partial charge on any atom is 0.245 e. The van der Waals surface area contributed by atoms with E-state index in [0.29, 0.717) is 0 Å². The van der Waals surface area contributed by atoms with Crippen LogP contribution in [-0.2, 0) is 23.6 Å². The van der Waals surface area contributed by atoms with E-state index in [1.807, 2.05) is 0 Å². The lowest BCUT2D eigenvalue weighted by atomic mass is 10.2. The monoisotopic (exact) mass is 369 g/mol. The van der Waals surface area contributed by atoms with Gasteiger partial charge in [0.25, 0.3) is 0 Å². The lowest BCUT2D eigenvalue weighted by Crippen LogP contribution is -2.24. The third kappa shape index (κ3) is 3.10. The molecule has 2 aromatic rings. The first-order valence-corrected chi connectivity index (χ1v) is 8.20. The number of aromatic nitrogens is 2. The molecule has 2 rings (SSSR count). The molecule has 0 aliphatic rings. The second-order valence-electron chi connectivity index (χ2n) is 4.48. The molecule has 0 spiro atoms. The van der Waals surface area contributed by atoms with Crippen LogP contribution in [0.15, 0.2) is 17.0 Å². The molecule has 0 amide bonds. The van der Waals surface area contributed by atoms with Crippen molar-refractivity contribution in [2.45, 2.75) is 18.4 Å². The zero-order chi connectivity index (χ0) is 16.7. The Labute approximate surface area is 135 Å². The first kappa shape index (κ1) is 17.1. The minimum absolute atomic E-state index is 0.0872. The molecular weight excluding hydrogens is 359 g/mol. The quantitative estimate of drug-likeness (QED) is 0.842. The Bertz CT molecular complexity index is 837. The van der Waals surface area contributed by atoms with Gasteiger partial charge in [-0.15, -0.1) is 0 Å². The highest BCUT2D eigenvalue weighted by Gasteiger charge is 2.25. The van der Waals surface area contributed by atoms with Gasteiger partial charge in [0.2, 0.25) is 10.0 Å². The van der Waals surface area contributed by atoms with E-state index in [2.05, 4.69) is 9.82 Å². The van der Waals surface area contributed by atoms with Crippen molar-refractivity contribution in [2.24, 2.45) is 7.05 Å². The van der Waals surface area contributed by atoms with Crippen molar-refractivity contribution in [2.75, 3.05) is 0 Å². The SMILES string of the molecule is Cc1nn(C)c(Cl)c1S(=O)(=O)NCc1c(F)ccc(F)c1Cl. The van der Waals surface area contributed by atoms with Crippen LogP contribution in [0.25, 0.3) is 0 Å². The Kier molecular flexibility index (Phi) is 4.76. The van der Waals surface area contributed by atoms with Crippen molar-refractivity contribution in [3.8, 4) is 0 Å². The Morgan fingerprint density at radius 2 is 1.86 bits per heavy atom. The van der Waals surface area contributed by atoms with Gasteiger partial charge in [-0.1, -0.05) is 23.2 Å². The Balaban J connectivity index is 2.34. The maximum atomic E-state index is 13.6. The van der Waals surface area contributed by atoms with Gasteiger partial charge in [0.1, 0.15) is 21.7 Å². The van der Waals surface area contributed by atoms with Crippen molar-refractivity contribution < 1.29 is 17.2 Å². The second kappa shape index (κ2) is 6.11. The highest BCUT2D eigenvalue weighted by molar-refractivity contribution is 7.89. The molecule has 0 saturated heterocycles. The first-order valence-electron chi connectivity index (χ1n) is 5.96. The average Bonchev–Trinajstić information content (AvgIpc) is 2.68. The number of hydrogen-bond donors (Lipinski definition) is 1. The number of nitrogens with zero attached hydrogens (tertiary/aromatic N) is 2. The van der Waals surface area contributed by atoms with E-state index in [4.69, 9.17) is 23.2 Å². The molecule has 1 aromatic carbocycles. The van der Waals surface area contributed by atoms with Gasteiger partial charge in [-0.3, -0.25) is 4.68 Å². The summed E-state index contributed by atoms with van der Waals surface area (Å²) in [4.78, 5) is -0.218. The lowest BCUT2D eigenvalue weighted by Gasteiger charge is -2.09. The largest absolute Gasteiger partial charge is 0.255 e. The number of aryl methyl sites for hydroxylation is 2. The fourth-order valence-electron chi connectivity index (χ4n) is 1.89. The van der Waals surface area contributed by atoms with Crippen molar-refractivity contribution in [3.05, 3.63) is 45.2 Å². The van der Waals surface area contributed by atoms with Gasteiger partial charge in [-0.05, 0) is 19.1 Å². The average molecular weight is 370 g/mol. The Morgan fingerprint density at radius 3 is 2.41 bits per heavy atom. The van der Waals surface area contributed by atoms with Crippen LogP contribution < -0.4 is 4.72 Å². The second-order valence-corrected chi connectivity index (χ2v) is 6.92. The summed E-state index contributed by atoms with van der Waals surface area (Å²) in [5.74, 6) is -1.66. The summed E-state index contributed by atoms with van der Waals surface area (Å²) in [6.45, 7) is 0.950. The van der Waals surface area contributed by atoms with Crippen molar-refractivity contribution in [1.82, 2.24) is 14.5 Å². The Morgan fingerprint density at radius 1 is 1.27 bits per heavy atom. The normalized spacial score (nSPS) is 11.9. The van der Waals surface area contributed by atoms with Crippen molar-refractivity contribution in [3.63, 3.8) is 0 Å². The predicted molar refractivity (Wildman–Crippen MR) is 78.3 cm³/mol. The molecule has 0 bridgehead atoms. The Hall–Kier alpha value is -1.22. The van der Waals surface area contributed by atoms with Gasteiger partial charge in [0.15, 0.2) is 0 Å². The van der Waals surface area contributed by atoms with E-state index in [1.54, 1.807) is 0 Å². The zero-order valence-corrected chi connectivity index (χ0v) is 13.8. The third-order valence-corrected chi connectivity index (χ3v) is 5.45. The molecule has 1 heterocycles. The molecule has 22 heavy (non-hydrogen) atoms. The van der Waals surface area contributed by atoms with E-state index in [-0.39, 0.29) is 21.3 Å². The van der Waals surface area contributed by atoms with E-state index in [0.717, 1.165) is 12.1 Å². The summed E-state index contributed by atoms with van der Waals surface area (Å²) in [7, 11) is -2.57. The fourth-order valence-corrected chi connectivity index (χ4v) is 3.85. The lowest BCUT2D eigenvalue weighted by molar-refractivity contribution is 0.567. The molecule has 1 N–H and O–H groups in total. The molecular formula is C12H11Cl2F2N3O2S. The van der Waals surface area contributed by atoms with Crippen LogP contribution in [0.2, 0.25) is 10.2 Å². The number of nitrogens with one attached hydrogen (secondary N) is 1. The van der Waals surface area contributed by atoms with Crippen LogP contribution in [0.1, 0.15) is 11.3 Å². The van der Waals surface area contributed by atoms with Crippen LogP contribution in [0, 0.1) is 18.6 Å². The van der Waals surface area contributed by atoms with Crippen LogP contribution in [-0.4, -0.2) is 18.2 Å². The molecule has 0 radical (unpaired) electrons. The van der Waals surface area contributed by atoms with Crippen LogP contribution in [0.4, 0.5) is 8.78 Å². The van der Waals surface area contributed by atoms with Gasteiger partial charge < -0.3 is 0 Å². The molecule has 0 fully saturated rings. The van der Waals surface area contributed by atoms with Crippen molar-refractivity contribution >= 4 is 33.2 Å². The summed E-state index contributed by atoms with van der Waals surface area (Å²) < 4.78 is 54.8. The smallest absolute Gasteiger partial charge is 0.245 e. The number of sulfonamides is 1. The van der Waals surface area contributed by atoms with Gasteiger partial charge in [-0.25, -0.2) is 21.9 Å². The predicted octanol–water partition coefficient (Wildman–Crippen LogP) is 2.79. The molecule has 1 aromatic heterocycles. The van der Waals surface area contributed by atoms with Crippen molar-refractivity contribution in [1.29, 1.82) is 0 Å². The summed E-state index contributed by atoms with van der Waals surface area (Å²) >= 11 is 11.5. The number of halogens is 4. The maximum absolute atomic E-state index is 13.6. The van der Waals surface area contributed by atoms with Gasteiger partial charge >= 0.3 is 0 Å². The number of rotatable bonds is 4. The molecule has 0 atom stereocenters. The molecule has 0 saturated carbocycles. The fraction of sp³-hybridized carbons (Fsp3) is 0.250. The van der Waals surface area contributed by atoms with E-state index < -0.39 is 33.2 Å². The topological polar surface area (TPSA) is 64.0 Å². The number of hydrogen-bond acceptors (Lipinski definition) is 3. The highest BCUT2D eigenvalue weighted by Crippen LogP contribution is 2.26. The van der Waals surface area contributed by atoms with Gasteiger partial charge in [-0.2, -0.15) is 5.10 Å². The molecule has 5 nitrogen and oxygen atoms in total. The van der Waals surface area contributed by atoms with Crippen LogP contribution >= 0.6 is 23.2 Å².